The van der Waals surface area contributed by atoms with Crippen LogP contribution in [0.3, 0.4) is 0 Å². The Morgan fingerprint density at radius 1 is 1.12 bits per heavy atom. The molecule has 1 aliphatic rings. The van der Waals surface area contributed by atoms with Gasteiger partial charge in [-0.2, -0.15) is 0 Å². The van der Waals surface area contributed by atoms with E-state index in [1.54, 1.807) is 12.1 Å². The molecule has 0 radical (unpaired) electrons. The molecule has 0 aliphatic heterocycles. The van der Waals surface area contributed by atoms with E-state index in [1.807, 2.05) is 24.3 Å². The van der Waals surface area contributed by atoms with Gasteiger partial charge in [0.25, 0.3) is 0 Å². The second-order valence-corrected chi connectivity index (χ2v) is 9.04. The number of hydrogen-bond donors (Lipinski definition) is 1. The van der Waals surface area contributed by atoms with E-state index in [0.29, 0.717) is 5.02 Å². The summed E-state index contributed by atoms with van der Waals surface area (Å²) in [7, 11) is -2.05. The molecular weight excluding hydrogens is 358 g/mol. The molecule has 25 heavy (non-hydrogen) atoms. The van der Waals surface area contributed by atoms with E-state index in [4.69, 9.17) is 22.1 Å². The molecule has 0 unspecified atom stereocenters. The van der Waals surface area contributed by atoms with Gasteiger partial charge < -0.3 is 10.5 Å². The Balaban J connectivity index is 1.99. The van der Waals surface area contributed by atoms with E-state index in [0.717, 1.165) is 12.0 Å². The van der Waals surface area contributed by atoms with Crippen LogP contribution in [0.25, 0.3) is 0 Å². The molecule has 6 heteroatoms. The number of halogens is 1. The average molecular weight is 380 g/mol. The van der Waals surface area contributed by atoms with E-state index < -0.39 is 20.6 Å². The van der Waals surface area contributed by atoms with Crippen molar-refractivity contribution in [2.24, 2.45) is 5.73 Å². The Hall–Kier alpha value is -1.40. The molecule has 3 atom stereocenters. The van der Waals surface area contributed by atoms with Crippen molar-refractivity contribution < 1.29 is 13.2 Å². The number of benzene rings is 2. The normalized spacial score (nSPS) is 25.8. The highest BCUT2D eigenvalue weighted by atomic mass is 35.5. The van der Waals surface area contributed by atoms with Crippen LogP contribution in [-0.4, -0.2) is 32.9 Å². The first-order valence-corrected chi connectivity index (χ1v) is 10.1. The van der Waals surface area contributed by atoms with E-state index in [-0.39, 0.29) is 17.4 Å². The summed E-state index contributed by atoms with van der Waals surface area (Å²) < 4.78 is 31.5. The second kappa shape index (κ2) is 6.72. The van der Waals surface area contributed by atoms with Crippen LogP contribution in [0.5, 0.6) is 0 Å². The zero-order chi connectivity index (χ0) is 18.2. The molecule has 1 saturated carbocycles. The van der Waals surface area contributed by atoms with Gasteiger partial charge in [0.1, 0.15) is 0 Å². The molecule has 3 rings (SSSR count). The maximum atomic E-state index is 13.1. The van der Waals surface area contributed by atoms with Crippen LogP contribution < -0.4 is 5.73 Å². The third-order valence-corrected chi connectivity index (χ3v) is 7.48. The van der Waals surface area contributed by atoms with Gasteiger partial charge in [-0.05, 0) is 41.8 Å². The number of nitrogens with two attached hydrogens (primary N) is 1. The summed E-state index contributed by atoms with van der Waals surface area (Å²) in [5.41, 5.74) is 7.68. The van der Waals surface area contributed by atoms with Crippen molar-refractivity contribution in [2.75, 3.05) is 13.7 Å². The minimum absolute atomic E-state index is 0.185. The van der Waals surface area contributed by atoms with E-state index in [2.05, 4.69) is 6.92 Å². The first-order valence-electron chi connectivity index (χ1n) is 8.20. The summed E-state index contributed by atoms with van der Waals surface area (Å²) >= 11 is 5.88. The van der Waals surface area contributed by atoms with Crippen LogP contribution in [0, 0.1) is 0 Å². The number of sulfone groups is 1. The Kier molecular flexibility index (Phi) is 4.95. The number of rotatable bonds is 6. The van der Waals surface area contributed by atoms with Gasteiger partial charge in [-0.25, -0.2) is 8.42 Å². The fraction of sp³-hybridized carbons (Fsp3) is 0.368. The molecule has 134 valence electrons. The van der Waals surface area contributed by atoms with Crippen LogP contribution in [-0.2, 0) is 21.0 Å². The average Bonchev–Trinajstić information content (AvgIpc) is 3.22. The molecule has 2 N–H and O–H groups in total. The van der Waals surface area contributed by atoms with Crippen LogP contribution in [0.1, 0.15) is 24.0 Å². The van der Waals surface area contributed by atoms with Crippen LogP contribution in [0.15, 0.2) is 53.4 Å². The number of hydrogen-bond acceptors (Lipinski definition) is 4. The molecule has 2 aromatic rings. The molecule has 1 fully saturated rings. The summed E-state index contributed by atoms with van der Waals surface area (Å²) in [6.07, 6.45) is 0.934. The lowest BCUT2D eigenvalue weighted by Gasteiger charge is -2.11. The van der Waals surface area contributed by atoms with Gasteiger partial charge >= 0.3 is 0 Å². The zero-order valence-corrected chi connectivity index (χ0v) is 15.8. The van der Waals surface area contributed by atoms with Crippen molar-refractivity contribution in [3.8, 4) is 0 Å². The number of ether oxygens (including phenoxy) is 1. The summed E-state index contributed by atoms with van der Waals surface area (Å²) in [6, 6.07) is 14.2. The predicted octanol–water partition coefficient (Wildman–Crippen LogP) is 3.19. The van der Waals surface area contributed by atoms with Crippen molar-refractivity contribution in [1.82, 2.24) is 0 Å². The maximum absolute atomic E-state index is 13.1. The Labute approximate surface area is 153 Å². The van der Waals surface area contributed by atoms with Crippen LogP contribution >= 0.6 is 11.6 Å². The van der Waals surface area contributed by atoms with Crippen LogP contribution in [0.2, 0.25) is 5.02 Å². The summed E-state index contributed by atoms with van der Waals surface area (Å²) in [5.74, 6) is -0.293. The standard InChI is InChI=1S/C19H22ClNO3S/c1-3-13-4-6-14(7-5-13)17-18(19(17,21)12-24-2)25(22,23)16-10-8-15(20)9-11-16/h4-11,17-18H,3,12,21H2,1-2H3/t17-,18-,19+/m0/s1. The Bertz CT molecular complexity index is 849. The third-order valence-electron chi connectivity index (χ3n) is 4.92. The lowest BCUT2D eigenvalue weighted by Crippen LogP contribution is -2.35. The van der Waals surface area contributed by atoms with Crippen LogP contribution in [0.4, 0.5) is 0 Å². The summed E-state index contributed by atoms with van der Waals surface area (Å²) in [4.78, 5) is 0.237. The van der Waals surface area contributed by atoms with E-state index in [9.17, 15) is 8.42 Å². The molecule has 1 aliphatic carbocycles. The van der Waals surface area contributed by atoms with Gasteiger partial charge in [-0.1, -0.05) is 42.8 Å². The Morgan fingerprint density at radius 3 is 2.24 bits per heavy atom. The van der Waals surface area contributed by atoms with E-state index in [1.165, 1.54) is 24.8 Å². The largest absolute Gasteiger partial charge is 0.383 e. The van der Waals surface area contributed by atoms with Crippen molar-refractivity contribution >= 4 is 21.4 Å². The lowest BCUT2D eigenvalue weighted by molar-refractivity contribution is 0.171. The molecule has 0 heterocycles. The van der Waals surface area contributed by atoms with Gasteiger partial charge in [0.2, 0.25) is 0 Å². The highest BCUT2D eigenvalue weighted by Gasteiger charge is 2.69. The highest BCUT2D eigenvalue weighted by molar-refractivity contribution is 7.92. The minimum atomic E-state index is -3.59. The Morgan fingerprint density at radius 2 is 1.72 bits per heavy atom. The summed E-state index contributed by atoms with van der Waals surface area (Å²) in [5, 5.41) is -0.217. The summed E-state index contributed by atoms with van der Waals surface area (Å²) in [6.45, 7) is 2.27. The molecule has 0 spiro atoms. The zero-order valence-electron chi connectivity index (χ0n) is 14.3. The van der Waals surface area contributed by atoms with Crippen molar-refractivity contribution in [1.29, 1.82) is 0 Å². The molecule has 2 aromatic carbocycles. The molecule has 0 saturated heterocycles. The molecule has 0 amide bonds. The lowest BCUT2D eigenvalue weighted by atomic mass is 10.0. The first kappa shape index (κ1) is 18.4. The van der Waals surface area contributed by atoms with Gasteiger partial charge in [0, 0.05) is 18.1 Å². The minimum Gasteiger partial charge on any atom is -0.383 e. The maximum Gasteiger partial charge on any atom is 0.183 e. The molecule has 0 bridgehead atoms. The van der Waals surface area contributed by atoms with Crippen molar-refractivity contribution in [2.45, 2.75) is 34.9 Å². The SMILES string of the molecule is CCc1ccc([C@H]2[C@H](S(=O)(=O)c3ccc(Cl)cc3)[C@@]2(N)COC)cc1. The van der Waals surface area contributed by atoms with Crippen molar-refractivity contribution in [3.63, 3.8) is 0 Å². The van der Waals surface area contributed by atoms with Gasteiger partial charge in [-0.15, -0.1) is 0 Å². The fourth-order valence-electron chi connectivity index (χ4n) is 3.53. The molecule has 4 nitrogen and oxygen atoms in total. The number of aryl methyl sites for hydroxylation is 1. The monoisotopic (exact) mass is 379 g/mol. The number of methoxy groups -OCH3 is 1. The van der Waals surface area contributed by atoms with Crippen molar-refractivity contribution in [3.05, 3.63) is 64.7 Å². The first-order chi connectivity index (χ1) is 11.8. The highest BCUT2D eigenvalue weighted by Crippen LogP contribution is 2.55. The quantitative estimate of drug-likeness (QED) is 0.836. The third kappa shape index (κ3) is 3.22. The van der Waals surface area contributed by atoms with Gasteiger partial charge in [0.15, 0.2) is 9.84 Å². The van der Waals surface area contributed by atoms with Gasteiger partial charge in [-0.3, -0.25) is 0 Å². The molecular formula is C19H22ClNO3S. The van der Waals surface area contributed by atoms with E-state index >= 15 is 0 Å². The predicted molar refractivity (Wildman–Crippen MR) is 99.8 cm³/mol. The molecule has 0 aromatic heterocycles. The van der Waals surface area contributed by atoms with Gasteiger partial charge in [0.05, 0.1) is 22.3 Å². The topological polar surface area (TPSA) is 69.4 Å². The second-order valence-electron chi connectivity index (χ2n) is 6.54. The smallest absolute Gasteiger partial charge is 0.183 e. The fourth-order valence-corrected chi connectivity index (χ4v) is 5.95.